The van der Waals surface area contributed by atoms with E-state index in [9.17, 15) is 4.79 Å². The van der Waals surface area contributed by atoms with Gasteiger partial charge in [-0.15, -0.1) is 0 Å². The number of amides is 1. The van der Waals surface area contributed by atoms with E-state index in [4.69, 9.17) is 9.73 Å². The molecule has 2 aliphatic heterocycles. The summed E-state index contributed by atoms with van der Waals surface area (Å²) in [5.74, 6) is 0.942. The standard InChI is InChI=1S/C23H37N5O2/c1-4-18(3)26-22(29)20-8-6-7-19(15-20)16-25-23(24-5-2)28-10-9-21(17-28)27-11-13-30-14-12-27/h6-8,15,18,21H,4-5,9-14,16-17H2,1-3H3,(H,24,25)(H,26,29). The first-order valence-corrected chi connectivity index (χ1v) is 11.4. The fraction of sp³-hybridized carbons (Fsp3) is 0.652. The van der Waals surface area contributed by atoms with Gasteiger partial charge in [0.15, 0.2) is 5.96 Å². The number of rotatable bonds is 7. The number of ether oxygens (including phenoxy) is 1. The number of benzene rings is 1. The zero-order valence-corrected chi connectivity index (χ0v) is 18.7. The summed E-state index contributed by atoms with van der Waals surface area (Å²) in [6, 6.07) is 8.54. The van der Waals surface area contributed by atoms with Gasteiger partial charge >= 0.3 is 0 Å². The number of likely N-dealkylation sites (tertiary alicyclic amines) is 1. The number of nitrogens with zero attached hydrogens (tertiary/aromatic N) is 3. The van der Waals surface area contributed by atoms with Gasteiger partial charge in [0, 0.05) is 50.4 Å². The van der Waals surface area contributed by atoms with E-state index in [0.717, 1.165) is 70.3 Å². The summed E-state index contributed by atoms with van der Waals surface area (Å²) in [7, 11) is 0. The molecule has 2 N–H and O–H groups in total. The minimum absolute atomic E-state index is 0.0185. The van der Waals surface area contributed by atoms with Crippen molar-refractivity contribution in [3.8, 4) is 0 Å². The van der Waals surface area contributed by atoms with Crippen LogP contribution in [0.1, 0.15) is 49.5 Å². The van der Waals surface area contributed by atoms with E-state index >= 15 is 0 Å². The Bertz CT molecular complexity index is 717. The number of nitrogens with one attached hydrogen (secondary N) is 2. The Morgan fingerprint density at radius 3 is 2.80 bits per heavy atom. The number of hydrogen-bond acceptors (Lipinski definition) is 4. The second-order valence-corrected chi connectivity index (χ2v) is 8.19. The summed E-state index contributed by atoms with van der Waals surface area (Å²) in [4.78, 5) is 22.2. The van der Waals surface area contributed by atoms with Gasteiger partial charge in [0.2, 0.25) is 0 Å². The van der Waals surface area contributed by atoms with Crippen LogP contribution in [0.4, 0.5) is 0 Å². The van der Waals surface area contributed by atoms with Crippen molar-refractivity contribution in [2.24, 2.45) is 4.99 Å². The smallest absolute Gasteiger partial charge is 0.251 e. The van der Waals surface area contributed by atoms with Gasteiger partial charge in [0.05, 0.1) is 19.8 Å². The molecule has 2 fully saturated rings. The molecule has 1 amide bonds. The summed E-state index contributed by atoms with van der Waals surface area (Å²) in [5.41, 5.74) is 1.74. The number of hydrogen-bond donors (Lipinski definition) is 2. The van der Waals surface area contributed by atoms with Crippen molar-refractivity contribution in [3.63, 3.8) is 0 Å². The highest BCUT2D eigenvalue weighted by Gasteiger charge is 2.30. The monoisotopic (exact) mass is 415 g/mol. The average Bonchev–Trinajstić information content (AvgIpc) is 3.27. The minimum Gasteiger partial charge on any atom is -0.379 e. The predicted octanol–water partition coefficient (Wildman–Crippen LogP) is 2.09. The second kappa shape index (κ2) is 11.3. The Morgan fingerprint density at radius 2 is 2.07 bits per heavy atom. The summed E-state index contributed by atoms with van der Waals surface area (Å²) >= 11 is 0. The van der Waals surface area contributed by atoms with Crippen LogP contribution in [0, 0.1) is 0 Å². The van der Waals surface area contributed by atoms with E-state index < -0.39 is 0 Å². The van der Waals surface area contributed by atoms with Gasteiger partial charge in [-0.3, -0.25) is 9.69 Å². The molecule has 7 heteroatoms. The molecule has 2 saturated heterocycles. The fourth-order valence-electron chi connectivity index (χ4n) is 3.99. The third kappa shape index (κ3) is 6.19. The zero-order chi connectivity index (χ0) is 21.3. The SMILES string of the molecule is CCNC(=NCc1cccc(C(=O)NC(C)CC)c1)N1CCC(N2CCOCC2)C1. The van der Waals surface area contributed by atoms with E-state index in [0.29, 0.717) is 18.2 Å². The van der Waals surface area contributed by atoms with E-state index in [1.807, 2.05) is 31.2 Å². The molecule has 2 heterocycles. The Hall–Kier alpha value is -2.12. The minimum atomic E-state index is -0.0185. The Kier molecular flexibility index (Phi) is 8.51. The van der Waals surface area contributed by atoms with Crippen LogP contribution < -0.4 is 10.6 Å². The van der Waals surface area contributed by atoms with Crippen molar-refractivity contribution in [2.75, 3.05) is 45.9 Å². The van der Waals surface area contributed by atoms with Crippen molar-refractivity contribution < 1.29 is 9.53 Å². The van der Waals surface area contributed by atoms with Gasteiger partial charge in [0.25, 0.3) is 5.91 Å². The maximum Gasteiger partial charge on any atom is 0.251 e. The number of carbonyl (C=O) groups is 1. The molecule has 166 valence electrons. The Balaban J connectivity index is 1.62. The van der Waals surface area contributed by atoms with E-state index in [2.05, 4.69) is 34.3 Å². The molecule has 2 unspecified atom stereocenters. The van der Waals surface area contributed by atoms with Gasteiger partial charge in [-0.1, -0.05) is 19.1 Å². The van der Waals surface area contributed by atoms with Crippen molar-refractivity contribution >= 4 is 11.9 Å². The van der Waals surface area contributed by atoms with Crippen LogP contribution in [0.25, 0.3) is 0 Å². The normalized spacial score (nSPS) is 21.5. The third-order valence-electron chi connectivity index (χ3n) is 5.95. The lowest BCUT2D eigenvalue weighted by molar-refractivity contribution is 0.0195. The average molecular weight is 416 g/mol. The maximum absolute atomic E-state index is 12.4. The molecule has 1 aromatic rings. The second-order valence-electron chi connectivity index (χ2n) is 8.19. The lowest BCUT2D eigenvalue weighted by Crippen LogP contribution is -2.46. The first-order chi connectivity index (χ1) is 14.6. The van der Waals surface area contributed by atoms with Crippen LogP contribution in [-0.4, -0.2) is 79.7 Å². The molecule has 30 heavy (non-hydrogen) atoms. The summed E-state index contributed by atoms with van der Waals surface area (Å²) in [5, 5.41) is 6.47. The van der Waals surface area contributed by atoms with Crippen LogP contribution in [0.5, 0.6) is 0 Å². The maximum atomic E-state index is 12.4. The molecular weight excluding hydrogens is 378 g/mol. The van der Waals surface area contributed by atoms with Crippen molar-refractivity contribution in [2.45, 2.75) is 52.2 Å². The van der Waals surface area contributed by atoms with Crippen molar-refractivity contribution in [1.82, 2.24) is 20.4 Å². The topological polar surface area (TPSA) is 69.2 Å². The molecule has 3 rings (SSSR count). The summed E-state index contributed by atoms with van der Waals surface area (Å²) < 4.78 is 5.49. The molecule has 0 saturated carbocycles. The highest BCUT2D eigenvalue weighted by Crippen LogP contribution is 2.17. The number of guanidine groups is 1. The van der Waals surface area contributed by atoms with E-state index in [1.165, 1.54) is 0 Å². The number of morpholine rings is 1. The van der Waals surface area contributed by atoms with Gasteiger partial charge in [-0.25, -0.2) is 4.99 Å². The molecule has 7 nitrogen and oxygen atoms in total. The predicted molar refractivity (Wildman–Crippen MR) is 121 cm³/mol. The van der Waals surface area contributed by atoms with Crippen LogP contribution in [0.2, 0.25) is 0 Å². The van der Waals surface area contributed by atoms with Crippen LogP contribution in [0.15, 0.2) is 29.3 Å². The Morgan fingerprint density at radius 1 is 1.27 bits per heavy atom. The molecule has 0 bridgehead atoms. The molecule has 0 aromatic heterocycles. The molecule has 0 aliphatic carbocycles. The highest BCUT2D eigenvalue weighted by atomic mass is 16.5. The number of carbonyl (C=O) groups excluding carboxylic acids is 1. The summed E-state index contributed by atoms with van der Waals surface area (Å²) in [6.07, 6.45) is 2.08. The molecule has 0 radical (unpaired) electrons. The van der Waals surface area contributed by atoms with Gasteiger partial charge in [-0.2, -0.15) is 0 Å². The largest absolute Gasteiger partial charge is 0.379 e. The van der Waals surface area contributed by atoms with Gasteiger partial charge in [-0.05, 0) is 44.4 Å². The highest BCUT2D eigenvalue weighted by molar-refractivity contribution is 5.94. The molecule has 2 aliphatic rings. The Labute approximate surface area is 180 Å². The van der Waals surface area contributed by atoms with Crippen molar-refractivity contribution in [3.05, 3.63) is 35.4 Å². The fourth-order valence-corrected chi connectivity index (χ4v) is 3.99. The molecule has 2 atom stereocenters. The molecule has 1 aromatic carbocycles. The molecular formula is C23H37N5O2. The van der Waals surface area contributed by atoms with Crippen LogP contribution in [-0.2, 0) is 11.3 Å². The summed E-state index contributed by atoms with van der Waals surface area (Å²) in [6.45, 7) is 13.3. The molecule has 0 spiro atoms. The zero-order valence-electron chi connectivity index (χ0n) is 18.7. The van der Waals surface area contributed by atoms with Crippen LogP contribution >= 0.6 is 0 Å². The van der Waals surface area contributed by atoms with Gasteiger partial charge < -0.3 is 20.3 Å². The first-order valence-electron chi connectivity index (χ1n) is 11.4. The number of aliphatic imine (C=N–C) groups is 1. The van der Waals surface area contributed by atoms with E-state index in [-0.39, 0.29) is 11.9 Å². The third-order valence-corrected chi connectivity index (χ3v) is 5.95. The quantitative estimate of drug-likeness (QED) is 0.527. The lowest BCUT2D eigenvalue weighted by atomic mass is 10.1. The van der Waals surface area contributed by atoms with Crippen LogP contribution in [0.3, 0.4) is 0 Å². The van der Waals surface area contributed by atoms with Gasteiger partial charge in [0.1, 0.15) is 0 Å². The lowest BCUT2D eigenvalue weighted by Gasteiger charge is -2.32. The van der Waals surface area contributed by atoms with E-state index in [1.54, 1.807) is 0 Å². The first kappa shape index (κ1) is 22.6. The van der Waals surface area contributed by atoms with Crippen molar-refractivity contribution in [1.29, 1.82) is 0 Å².